The molecule has 0 amide bonds. The predicted octanol–water partition coefficient (Wildman–Crippen LogP) is 3.52. The molecule has 31 heavy (non-hydrogen) atoms. The summed E-state index contributed by atoms with van der Waals surface area (Å²) in [6.07, 6.45) is 1.50. The van der Waals surface area contributed by atoms with Gasteiger partial charge >= 0.3 is 5.97 Å². The number of aryl methyl sites for hydroxylation is 1. The molecule has 4 rings (SSSR count). The Labute approximate surface area is 181 Å². The normalized spacial score (nSPS) is 21.9. The van der Waals surface area contributed by atoms with Gasteiger partial charge in [0.15, 0.2) is 6.23 Å². The number of aliphatic hydroxyl groups excluding tert-OH is 1. The van der Waals surface area contributed by atoms with Gasteiger partial charge < -0.3 is 24.4 Å². The van der Waals surface area contributed by atoms with Crippen LogP contribution in [0.25, 0.3) is 0 Å². The second-order valence-electron chi connectivity index (χ2n) is 7.94. The largest absolute Gasteiger partial charge is 0.493 e. The summed E-state index contributed by atoms with van der Waals surface area (Å²) in [4.78, 5) is 15.1. The first kappa shape index (κ1) is 21.2. The minimum absolute atomic E-state index is 0.109. The Balaban J connectivity index is 1.23. The number of ether oxygens (including phenoxy) is 3. The van der Waals surface area contributed by atoms with E-state index in [0.29, 0.717) is 24.9 Å². The van der Waals surface area contributed by atoms with E-state index in [1.165, 1.54) is 5.56 Å². The number of carbonyl (C=O) groups is 1. The third kappa shape index (κ3) is 5.17. The molecular weight excluding hydrogens is 398 g/mol. The Morgan fingerprint density at radius 3 is 2.65 bits per heavy atom. The Kier molecular flexibility index (Phi) is 6.42. The molecule has 2 N–H and O–H groups in total. The molecule has 0 bridgehead atoms. The maximum Gasteiger partial charge on any atom is 0.303 e. The first-order valence-corrected chi connectivity index (χ1v) is 10.6. The van der Waals surface area contributed by atoms with Gasteiger partial charge in [0.25, 0.3) is 0 Å². The monoisotopic (exact) mass is 425 g/mol. The van der Waals surface area contributed by atoms with Gasteiger partial charge in [0.05, 0.1) is 19.6 Å². The lowest BCUT2D eigenvalue weighted by Crippen LogP contribution is -2.17. The lowest BCUT2D eigenvalue weighted by Gasteiger charge is -2.12. The van der Waals surface area contributed by atoms with Gasteiger partial charge in [0, 0.05) is 12.0 Å². The molecule has 1 aliphatic heterocycles. The molecule has 0 saturated carbocycles. The number of rotatable bonds is 9. The molecule has 1 heterocycles. The minimum atomic E-state index is -0.834. The first-order chi connectivity index (χ1) is 15.0. The van der Waals surface area contributed by atoms with Crippen LogP contribution in [0.15, 0.2) is 47.5 Å². The number of fused-ring (bicyclic) bond motifs is 1. The molecule has 0 aromatic heterocycles. The van der Waals surface area contributed by atoms with Gasteiger partial charge in [0.1, 0.15) is 17.6 Å². The zero-order valence-electron chi connectivity index (χ0n) is 17.5. The van der Waals surface area contributed by atoms with E-state index in [0.717, 1.165) is 36.1 Å². The van der Waals surface area contributed by atoms with E-state index in [4.69, 9.17) is 19.3 Å². The molecule has 0 spiro atoms. The molecule has 2 aliphatic rings. The van der Waals surface area contributed by atoms with Crippen LogP contribution in [0.5, 0.6) is 11.5 Å². The Bertz CT molecular complexity index is 972. The van der Waals surface area contributed by atoms with Gasteiger partial charge in [-0.2, -0.15) is 0 Å². The molecule has 7 heteroatoms. The van der Waals surface area contributed by atoms with Crippen LogP contribution in [0, 0.1) is 0 Å². The van der Waals surface area contributed by atoms with Crippen molar-refractivity contribution in [1.82, 2.24) is 0 Å². The number of aliphatic hydroxyl groups is 1. The zero-order valence-corrected chi connectivity index (χ0v) is 17.5. The highest BCUT2D eigenvalue weighted by Gasteiger charge is 2.26. The molecular formula is C24H27NO6. The van der Waals surface area contributed by atoms with Gasteiger partial charge in [-0.05, 0) is 67.1 Å². The summed E-state index contributed by atoms with van der Waals surface area (Å²) in [5, 5.41) is 18.7. The van der Waals surface area contributed by atoms with Crippen molar-refractivity contribution in [3.8, 4) is 11.5 Å². The third-order valence-corrected chi connectivity index (χ3v) is 5.61. The highest BCUT2D eigenvalue weighted by Crippen LogP contribution is 2.37. The topological polar surface area (TPSA) is 97.6 Å². The maximum atomic E-state index is 11.0. The van der Waals surface area contributed by atoms with Crippen molar-refractivity contribution < 1.29 is 29.2 Å². The number of aliphatic carboxylic acids is 1. The lowest BCUT2D eigenvalue weighted by atomic mass is 9.98. The van der Waals surface area contributed by atoms with Gasteiger partial charge in [0.2, 0.25) is 5.90 Å². The van der Waals surface area contributed by atoms with Crippen LogP contribution in [0.1, 0.15) is 48.8 Å². The Morgan fingerprint density at radius 2 is 1.94 bits per heavy atom. The van der Waals surface area contributed by atoms with E-state index in [1.54, 1.807) is 6.92 Å². The van der Waals surface area contributed by atoms with Crippen LogP contribution in [-0.4, -0.2) is 47.6 Å². The maximum absolute atomic E-state index is 11.0. The predicted molar refractivity (Wildman–Crippen MR) is 115 cm³/mol. The fraction of sp³-hybridized carbons (Fsp3) is 0.417. The molecule has 2 unspecified atom stereocenters. The van der Waals surface area contributed by atoms with Crippen LogP contribution >= 0.6 is 0 Å². The highest BCUT2D eigenvalue weighted by atomic mass is 16.5. The summed E-state index contributed by atoms with van der Waals surface area (Å²) in [5.41, 5.74) is 3.10. The smallest absolute Gasteiger partial charge is 0.303 e. The van der Waals surface area contributed by atoms with Crippen molar-refractivity contribution in [1.29, 1.82) is 0 Å². The molecule has 0 fully saturated rings. The first-order valence-electron chi connectivity index (χ1n) is 10.6. The van der Waals surface area contributed by atoms with Crippen LogP contribution in [0.3, 0.4) is 0 Å². The number of aliphatic imine (C=N–C) groups is 1. The summed E-state index contributed by atoms with van der Waals surface area (Å²) in [6.45, 7) is 2.80. The summed E-state index contributed by atoms with van der Waals surface area (Å²) in [7, 11) is 0. The van der Waals surface area contributed by atoms with Crippen LogP contribution < -0.4 is 9.47 Å². The van der Waals surface area contributed by atoms with Crippen LogP contribution in [-0.2, 0) is 16.0 Å². The minimum Gasteiger partial charge on any atom is -0.493 e. The molecule has 0 saturated heterocycles. The number of carboxylic acids is 1. The Morgan fingerprint density at radius 1 is 1.16 bits per heavy atom. The molecule has 1 aliphatic carbocycles. The average molecular weight is 425 g/mol. The van der Waals surface area contributed by atoms with Crippen molar-refractivity contribution in [3.63, 3.8) is 0 Å². The standard InChI is InChI=1S/C24H27NO6/c1-15-23(28)25-24(31-15)18-4-2-5-19(13-18)29-10-3-11-30-20-8-9-21-16(12-20)6-7-17(21)14-22(26)27/h2,4-5,8-9,12-13,15,17,23,28H,3,6-7,10-11,14H2,1H3,(H,26,27)/t15?,17-,23?/m0/s1. The zero-order chi connectivity index (χ0) is 21.8. The number of hydrogen-bond acceptors (Lipinski definition) is 6. The SMILES string of the molecule is CC1OC(c2cccc(OCCCOc3ccc4c(c3)CC[C@H]4CC(=O)O)c2)=NC1O. The molecule has 0 radical (unpaired) electrons. The second kappa shape index (κ2) is 9.39. The fourth-order valence-corrected chi connectivity index (χ4v) is 3.99. The third-order valence-electron chi connectivity index (χ3n) is 5.61. The lowest BCUT2D eigenvalue weighted by molar-refractivity contribution is -0.137. The summed E-state index contributed by atoms with van der Waals surface area (Å²) in [5.74, 6) is 1.30. The van der Waals surface area contributed by atoms with E-state index < -0.39 is 12.2 Å². The average Bonchev–Trinajstić information content (AvgIpc) is 3.30. The summed E-state index contributed by atoms with van der Waals surface area (Å²) in [6, 6.07) is 13.4. The van der Waals surface area contributed by atoms with Crippen molar-refractivity contribution in [3.05, 3.63) is 59.2 Å². The van der Waals surface area contributed by atoms with Crippen molar-refractivity contribution in [2.75, 3.05) is 13.2 Å². The number of carboxylic acid groups (broad SMARTS) is 1. The molecule has 3 atom stereocenters. The van der Waals surface area contributed by atoms with Crippen molar-refractivity contribution in [2.24, 2.45) is 4.99 Å². The molecule has 2 aromatic carbocycles. The van der Waals surface area contributed by atoms with Crippen molar-refractivity contribution >= 4 is 11.9 Å². The van der Waals surface area contributed by atoms with Gasteiger partial charge in [-0.3, -0.25) is 4.79 Å². The van der Waals surface area contributed by atoms with E-state index in [-0.39, 0.29) is 18.4 Å². The summed E-state index contributed by atoms with van der Waals surface area (Å²) < 4.78 is 17.2. The number of hydrogen-bond donors (Lipinski definition) is 2. The Hall–Kier alpha value is -3.06. The van der Waals surface area contributed by atoms with E-state index in [1.807, 2.05) is 42.5 Å². The van der Waals surface area contributed by atoms with Gasteiger partial charge in [-0.1, -0.05) is 12.1 Å². The molecule has 164 valence electrons. The van der Waals surface area contributed by atoms with E-state index in [2.05, 4.69) is 4.99 Å². The van der Waals surface area contributed by atoms with Gasteiger partial charge in [-0.25, -0.2) is 4.99 Å². The number of benzene rings is 2. The molecule has 7 nitrogen and oxygen atoms in total. The molecule has 2 aromatic rings. The summed E-state index contributed by atoms with van der Waals surface area (Å²) >= 11 is 0. The highest BCUT2D eigenvalue weighted by molar-refractivity contribution is 5.95. The second-order valence-corrected chi connectivity index (χ2v) is 7.94. The van der Waals surface area contributed by atoms with E-state index >= 15 is 0 Å². The van der Waals surface area contributed by atoms with Crippen LogP contribution in [0.2, 0.25) is 0 Å². The van der Waals surface area contributed by atoms with Crippen LogP contribution in [0.4, 0.5) is 0 Å². The van der Waals surface area contributed by atoms with Crippen molar-refractivity contribution in [2.45, 2.75) is 50.9 Å². The fourth-order valence-electron chi connectivity index (χ4n) is 3.99. The number of nitrogens with zero attached hydrogens (tertiary/aromatic N) is 1. The quantitative estimate of drug-likeness (QED) is 0.597. The van der Waals surface area contributed by atoms with Gasteiger partial charge in [-0.15, -0.1) is 0 Å². The van der Waals surface area contributed by atoms with E-state index in [9.17, 15) is 9.90 Å².